The van der Waals surface area contributed by atoms with Gasteiger partial charge in [-0.2, -0.15) is 0 Å². The van der Waals surface area contributed by atoms with Crippen molar-refractivity contribution in [3.8, 4) is 11.3 Å². The van der Waals surface area contributed by atoms with Crippen molar-refractivity contribution >= 4 is 31.9 Å². The van der Waals surface area contributed by atoms with Crippen molar-refractivity contribution in [2.75, 3.05) is 0 Å². The van der Waals surface area contributed by atoms with Crippen LogP contribution in [0.2, 0.25) is 0 Å². The normalized spacial score (nSPS) is 10.1. The van der Waals surface area contributed by atoms with E-state index in [4.69, 9.17) is 0 Å². The molecule has 3 heteroatoms. The van der Waals surface area contributed by atoms with Crippen LogP contribution < -0.4 is 0 Å². The van der Waals surface area contributed by atoms with E-state index < -0.39 is 0 Å². The second-order valence-corrected chi connectivity index (χ2v) is 4.48. The summed E-state index contributed by atoms with van der Waals surface area (Å²) in [5, 5.41) is 0. The molecule has 0 amide bonds. The summed E-state index contributed by atoms with van der Waals surface area (Å²) in [6.07, 6.45) is 1.74. The van der Waals surface area contributed by atoms with E-state index in [1.54, 1.807) is 12.3 Å². The summed E-state index contributed by atoms with van der Waals surface area (Å²) in [7, 11) is 0. The van der Waals surface area contributed by atoms with Crippen LogP contribution in [0, 0.1) is 6.07 Å². The van der Waals surface area contributed by atoms with Crippen molar-refractivity contribution in [2.24, 2.45) is 0 Å². The first kappa shape index (κ1) is 9.87. The van der Waals surface area contributed by atoms with Gasteiger partial charge in [0.15, 0.2) is 0 Å². The summed E-state index contributed by atoms with van der Waals surface area (Å²) in [5.41, 5.74) is 2.01. The van der Waals surface area contributed by atoms with Gasteiger partial charge in [0.2, 0.25) is 0 Å². The summed E-state index contributed by atoms with van der Waals surface area (Å²) in [5.74, 6) is 0. The van der Waals surface area contributed by atoms with Crippen LogP contribution in [0.5, 0.6) is 0 Å². The van der Waals surface area contributed by atoms with E-state index in [-0.39, 0.29) is 0 Å². The van der Waals surface area contributed by atoms with Crippen LogP contribution >= 0.6 is 31.9 Å². The number of benzene rings is 1. The zero-order chi connectivity index (χ0) is 9.97. The first-order valence-corrected chi connectivity index (χ1v) is 5.63. The average Bonchev–Trinajstić information content (AvgIpc) is 2.23. The highest BCUT2D eigenvalue weighted by Crippen LogP contribution is 2.27. The number of pyridine rings is 1. The fraction of sp³-hybridized carbons (Fsp3) is 0. The Labute approximate surface area is 99.4 Å². The second kappa shape index (κ2) is 4.24. The molecule has 1 aromatic heterocycles. The summed E-state index contributed by atoms with van der Waals surface area (Å²) < 4.78 is 2.07. The average molecular weight is 312 g/mol. The van der Waals surface area contributed by atoms with Gasteiger partial charge in [0, 0.05) is 20.7 Å². The molecule has 14 heavy (non-hydrogen) atoms. The molecule has 0 saturated heterocycles. The van der Waals surface area contributed by atoms with Gasteiger partial charge in [-0.1, -0.05) is 6.07 Å². The van der Waals surface area contributed by atoms with E-state index in [2.05, 4.69) is 42.9 Å². The highest BCUT2D eigenvalue weighted by atomic mass is 79.9. The fourth-order valence-corrected chi connectivity index (χ4v) is 1.76. The van der Waals surface area contributed by atoms with Gasteiger partial charge in [0.1, 0.15) is 0 Å². The number of hydrogen-bond donors (Lipinski definition) is 0. The van der Waals surface area contributed by atoms with Gasteiger partial charge >= 0.3 is 0 Å². The van der Waals surface area contributed by atoms with E-state index >= 15 is 0 Å². The molecule has 69 valence electrons. The van der Waals surface area contributed by atoms with Crippen molar-refractivity contribution < 1.29 is 0 Å². The van der Waals surface area contributed by atoms with Crippen LogP contribution in [0.3, 0.4) is 0 Å². The standard InChI is InChI=1S/C11H6Br2N/c12-9-5-4-8(7-10(9)13)11-3-1-2-6-14-11/h2-7H. The molecular weight excluding hydrogens is 306 g/mol. The van der Waals surface area contributed by atoms with Gasteiger partial charge in [-0.3, -0.25) is 4.98 Å². The van der Waals surface area contributed by atoms with Crippen LogP contribution in [0.1, 0.15) is 0 Å². The summed E-state index contributed by atoms with van der Waals surface area (Å²) in [6, 6.07) is 12.7. The molecule has 0 atom stereocenters. The minimum atomic E-state index is 0.931. The third kappa shape index (κ3) is 2.04. The Kier molecular flexibility index (Phi) is 2.99. The molecule has 2 aromatic rings. The Bertz CT molecular complexity index is 440. The minimum absolute atomic E-state index is 0.931. The quantitative estimate of drug-likeness (QED) is 0.773. The van der Waals surface area contributed by atoms with E-state index in [0.717, 1.165) is 20.2 Å². The molecular formula is C11H6Br2N. The lowest BCUT2D eigenvalue weighted by atomic mass is 10.1. The molecule has 1 radical (unpaired) electrons. The van der Waals surface area contributed by atoms with Gasteiger partial charge in [-0.25, -0.2) is 0 Å². The number of rotatable bonds is 1. The lowest BCUT2D eigenvalue weighted by Crippen LogP contribution is -1.82. The maximum absolute atomic E-state index is 4.25. The number of halogens is 2. The molecule has 2 rings (SSSR count). The van der Waals surface area contributed by atoms with E-state index in [9.17, 15) is 0 Å². The Balaban J connectivity index is 2.48. The predicted octanol–water partition coefficient (Wildman–Crippen LogP) is 4.07. The predicted molar refractivity (Wildman–Crippen MR) is 63.9 cm³/mol. The molecule has 0 fully saturated rings. The molecule has 0 aliphatic carbocycles. The lowest BCUT2D eigenvalue weighted by molar-refractivity contribution is 1.32. The third-order valence-corrected chi connectivity index (χ3v) is 3.70. The van der Waals surface area contributed by atoms with Gasteiger partial charge in [0.25, 0.3) is 0 Å². The van der Waals surface area contributed by atoms with E-state index in [1.165, 1.54) is 0 Å². The number of hydrogen-bond acceptors (Lipinski definition) is 1. The maximum Gasteiger partial charge on any atom is 0.0708 e. The smallest absolute Gasteiger partial charge is 0.0708 e. The molecule has 0 bridgehead atoms. The molecule has 0 N–H and O–H groups in total. The first-order chi connectivity index (χ1) is 6.77. The SMILES string of the molecule is Brc1ccc(-c2c[c]ccn2)cc1Br. The topological polar surface area (TPSA) is 12.9 Å². The molecule has 0 aliphatic heterocycles. The van der Waals surface area contributed by atoms with Crippen molar-refractivity contribution in [3.63, 3.8) is 0 Å². The molecule has 0 unspecified atom stereocenters. The number of nitrogens with zero attached hydrogens (tertiary/aromatic N) is 1. The van der Waals surface area contributed by atoms with Gasteiger partial charge < -0.3 is 0 Å². The Morgan fingerprint density at radius 3 is 2.64 bits per heavy atom. The number of aromatic nitrogens is 1. The van der Waals surface area contributed by atoms with Gasteiger partial charge in [-0.15, -0.1) is 0 Å². The molecule has 0 spiro atoms. The zero-order valence-electron chi connectivity index (χ0n) is 7.17. The molecule has 1 heterocycles. The zero-order valence-corrected chi connectivity index (χ0v) is 10.3. The highest BCUT2D eigenvalue weighted by molar-refractivity contribution is 9.13. The van der Waals surface area contributed by atoms with E-state index in [1.807, 2.05) is 24.3 Å². The summed E-state index contributed by atoms with van der Waals surface area (Å²) >= 11 is 6.89. The Morgan fingerprint density at radius 2 is 2.00 bits per heavy atom. The van der Waals surface area contributed by atoms with Crippen molar-refractivity contribution in [1.29, 1.82) is 0 Å². The fourth-order valence-electron chi connectivity index (χ4n) is 1.14. The van der Waals surface area contributed by atoms with Crippen LogP contribution in [0.15, 0.2) is 45.5 Å². The molecule has 1 aromatic carbocycles. The van der Waals surface area contributed by atoms with Crippen molar-refractivity contribution in [2.45, 2.75) is 0 Å². The van der Waals surface area contributed by atoms with Crippen LogP contribution in [-0.2, 0) is 0 Å². The second-order valence-electron chi connectivity index (χ2n) is 2.77. The van der Waals surface area contributed by atoms with Crippen molar-refractivity contribution in [1.82, 2.24) is 4.98 Å². The van der Waals surface area contributed by atoms with Gasteiger partial charge in [-0.05, 0) is 62.2 Å². The summed E-state index contributed by atoms with van der Waals surface area (Å²) in [6.45, 7) is 0. The first-order valence-electron chi connectivity index (χ1n) is 4.05. The van der Waals surface area contributed by atoms with E-state index in [0.29, 0.717) is 0 Å². The van der Waals surface area contributed by atoms with Crippen LogP contribution in [0.25, 0.3) is 11.3 Å². The molecule has 0 aliphatic rings. The third-order valence-electron chi connectivity index (χ3n) is 1.82. The summed E-state index contributed by atoms with van der Waals surface area (Å²) in [4.78, 5) is 4.25. The van der Waals surface area contributed by atoms with Crippen molar-refractivity contribution in [3.05, 3.63) is 51.5 Å². The van der Waals surface area contributed by atoms with Crippen LogP contribution in [0.4, 0.5) is 0 Å². The molecule has 1 nitrogen and oxygen atoms in total. The monoisotopic (exact) mass is 310 g/mol. The lowest BCUT2D eigenvalue weighted by Gasteiger charge is -2.01. The van der Waals surface area contributed by atoms with Gasteiger partial charge in [0.05, 0.1) is 5.69 Å². The molecule has 0 saturated carbocycles. The largest absolute Gasteiger partial charge is 0.256 e. The Morgan fingerprint density at radius 1 is 1.14 bits per heavy atom. The highest BCUT2D eigenvalue weighted by Gasteiger charge is 2.01. The maximum atomic E-state index is 4.25. The minimum Gasteiger partial charge on any atom is -0.256 e. The van der Waals surface area contributed by atoms with Crippen LogP contribution in [-0.4, -0.2) is 4.98 Å². The Hall–Kier alpha value is -0.670.